The van der Waals surface area contributed by atoms with Crippen molar-refractivity contribution in [1.29, 1.82) is 0 Å². The highest BCUT2D eigenvalue weighted by atomic mass is 32.1. The van der Waals surface area contributed by atoms with Crippen molar-refractivity contribution < 1.29 is 0 Å². The van der Waals surface area contributed by atoms with Crippen LogP contribution in [0.3, 0.4) is 0 Å². The molecule has 2 aromatic heterocycles. The van der Waals surface area contributed by atoms with E-state index in [1.165, 1.54) is 4.88 Å². The van der Waals surface area contributed by atoms with E-state index in [2.05, 4.69) is 47.4 Å². The van der Waals surface area contributed by atoms with Crippen molar-refractivity contribution in [3.63, 3.8) is 0 Å². The van der Waals surface area contributed by atoms with Crippen LogP contribution in [0.5, 0.6) is 0 Å². The van der Waals surface area contributed by atoms with Crippen LogP contribution in [0.1, 0.15) is 30.0 Å². The summed E-state index contributed by atoms with van der Waals surface area (Å²) in [5.74, 6) is 0. The number of nitrogens with zero attached hydrogens (tertiary/aromatic N) is 2. The Bertz CT molecular complexity index is 484. The normalized spacial score (nSPS) is 14.4. The Labute approximate surface area is 125 Å². The Morgan fingerprint density at radius 2 is 2.15 bits per heavy atom. The lowest BCUT2D eigenvalue weighted by molar-refractivity contribution is 0.215. The first-order valence-electron chi connectivity index (χ1n) is 7.11. The molecule has 4 heteroatoms. The van der Waals surface area contributed by atoms with Gasteiger partial charge in [0.25, 0.3) is 0 Å². The number of hydrogen-bond acceptors (Lipinski definition) is 4. The molecule has 2 aromatic rings. The minimum atomic E-state index is 0.169. The molecule has 2 rings (SSSR count). The second kappa shape index (κ2) is 7.53. The van der Waals surface area contributed by atoms with Crippen LogP contribution in [-0.4, -0.2) is 29.5 Å². The molecule has 0 saturated heterocycles. The Balaban J connectivity index is 2.02. The topological polar surface area (TPSA) is 42.1 Å². The molecule has 2 N–H and O–H groups in total. The predicted molar refractivity (Wildman–Crippen MR) is 85.9 cm³/mol. The maximum atomic E-state index is 6.33. The van der Waals surface area contributed by atoms with Crippen molar-refractivity contribution >= 4 is 11.3 Å². The van der Waals surface area contributed by atoms with E-state index in [-0.39, 0.29) is 6.04 Å². The number of rotatable bonds is 7. The molecule has 0 aliphatic rings. The fourth-order valence-corrected chi connectivity index (χ4v) is 3.38. The van der Waals surface area contributed by atoms with Crippen LogP contribution in [0.2, 0.25) is 0 Å². The van der Waals surface area contributed by atoms with E-state index in [1.807, 2.05) is 18.3 Å². The third-order valence-corrected chi connectivity index (χ3v) is 4.58. The zero-order chi connectivity index (χ0) is 14.4. The summed E-state index contributed by atoms with van der Waals surface area (Å²) < 4.78 is 0. The largest absolute Gasteiger partial charge is 0.326 e. The number of pyridine rings is 1. The molecule has 0 amide bonds. The highest BCUT2D eigenvalue weighted by Crippen LogP contribution is 2.27. The summed E-state index contributed by atoms with van der Waals surface area (Å²) in [6.45, 7) is 3.12. The molecule has 0 aromatic carbocycles. The maximum absolute atomic E-state index is 6.33. The van der Waals surface area contributed by atoms with Crippen LogP contribution in [0.4, 0.5) is 0 Å². The molecule has 0 bridgehead atoms. The molecule has 108 valence electrons. The molecule has 0 spiro atoms. The average molecular weight is 289 g/mol. The van der Waals surface area contributed by atoms with Crippen molar-refractivity contribution in [2.45, 2.75) is 31.8 Å². The van der Waals surface area contributed by atoms with E-state index >= 15 is 0 Å². The quantitative estimate of drug-likeness (QED) is 0.851. The molecule has 20 heavy (non-hydrogen) atoms. The van der Waals surface area contributed by atoms with Gasteiger partial charge in [-0.15, -0.1) is 11.3 Å². The molecule has 2 atom stereocenters. The predicted octanol–water partition coefficient (Wildman–Crippen LogP) is 3.10. The summed E-state index contributed by atoms with van der Waals surface area (Å²) in [7, 11) is 2.16. The fourth-order valence-electron chi connectivity index (χ4n) is 2.41. The molecular weight excluding hydrogens is 266 g/mol. The van der Waals surface area contributed by atoms with Crippen molar-refractivity contribution in [3.8, 4) is 0 Å². The van der Waals surface area contributed by atoms with Gasteiger partial charge in [-0.2, -0.15) is 0 Å². The SMILES string of the molecule is CCC(N)C(c1cccs1)N(C)CCc1ccccn1. The lowest BCUT2D eigenvalue weighted by atomic mass is 10.0. The van der Waals surface area contributed by atoms with Gasteiger partial charge in [0.2, 0.25) is 0 Å². The van der Waals surface area contributed by atoms with E-state index in [9.17, 15) is 0 Å². The number of thiophene rings is 1. The summed E-state index contributed by atoms with van der Waals surface area (Å²) in [6.07, 6.45) is 3.79. The zero-order valence-corrected chi connectivity index (χ0v) is 13.0. The van der Waals surface area contributed by atoms with Gasteiger partial charge in [0.05, 0.1) is 6.04 Å². The van der Waals surface area contributed by atoms with Crippen LogP contribution < -0.4 is 5.73 Å². The molecule has 0 fully saturated rings. The third kappa shape index (κ3) is 3.88. The van der Waals surface area contributed by atoms with E-state index in [0.29, 0.717) is 6.04 Å². The fraction of sp³-hybridized carbons (Fsp3) is 0.438. The van der Waals surface area contributed by atoms with Gasteiger partial charge in [-0.3, -0.25) is 9.88 Å². The number of nitrogens with two attached hydrogens (primary N) is 1. The first-order chi connectivity index (χ1) is 9.72. The van der Waals surface area contributed by atoms with Gasteiger partial charge in [-0.05, 0) is 37.0 Å². The van der Waals surface area contributed by atoms with Gasteiger partial charge in [-0.25, -0.2) is 0 Å². The summed E-state index contributed by atoms with van der Waals surface area (Å²) in [6, 6.07) is 10.8. The van der Waals surface area contributed by atoms with Crippen molar-refractivity contribution in [1.82, 2.24) is 9.88 Å². The molecular formula is C16H23N3S. The Morgan fingerprint density at radius 3 is 2.75 bits per heavy atom. The summed E-state index contributed by atoms with van der Waals surface area (Å²) in [5.41, 5.74) is 7.46. The molecule has 0 radical (unpaired) electrons. The summed E-state index contributed by atoms with van der Waals surface area (Å²) in [5, 5.41) is 2.12. The molecule has 0 aliphatic carbocycles. The summed E-state index contributed by atoms with van der Waals surface area (Å²) in [4.78, 5) is 8.09. The lowest BCUT2D eigenvalue weighted by Crippen LogP contribution is -2.39. The Kier molecular flexibility index (Phi) is 5.71. The van der Waals surface area contributed by atoms with Gasteiger partial charge in [0.1, 0.15) is 0 Å². The molecule has 0 aliphatic heterocycles. The van der Waals surface area contributed by atoms with Crippen LogP contribution in [0, 0.1) is 0 Å². The van der Waals surface area contributed by atoms with Crippen LogP contribution in [0.25, 0.3) is 0 Å². The maximum Gasteiger partial charge on any atom is 0.0591 e. The van der Waals surface area contributed by atoms with Crippen molar-refractivity contribution in [3.05, 3.63) is 52.5 Å². The minimum absolute atomic E-state index is 0.169. The third-order valence-electron chi connectivity index (χ3n) is 3.63. The number of likely N-dealkylation sites (N-methyl/N-ethyl adjacent to an activating group) is 1. The average Bonchev–Trinajstić information content (AvgIpc) is 3.00. The Hall–Kier alpha value is -1.23. The van der Waals surface area contributed by atoms with Crippen LogP contribution >= 0.6 is 11.3 Å². The number of aromatic nitrogens is 1. The first-order valence-corrected chi connectivity index (χ1v) is 7.99. The molecule has 0 saturated carbocycles. The van der Waals surface area contributed by atoms with Crippen LogP contribution in [0.15, 0.2) is 41.9 Å². The van der Waals surface area contributed by atoms with E-state index in [0.717, 1.165) is 25.1 Å². The van der Waals surface area contributed by atoms with E-state index in [4.69, 9.17) is 5.73 Å². The highest BCUT2D eigenvalue weighted by molar-refractivity contribution is 7.10. The van der Waals surface area contributed by atoms with Gasteiger partial charge in [0.15, 0.2) is 0 Å². The van der Waals surface area contributed by atoms with Gasteiger partial charge in [0, 0.05) is 35.8 Å². The minimum Gasteiger partial charge on any atom is -0.326 e. The molecule has 2 heterocycles. The Morgan fingerprint density at radius 1 is 1.30 bits per heavy atom. The smallest absolute Gasteiger partial charge is 0.0591 e. The molecule has 3 nitrogen and oxygen atoms in total. The van der Waals surface area contributed by atoms with E-state index in [1.54, 1.807) is 11.3 Å². The van der Waals surface area contributed by atoms with Crippen LogP contribution in [-0.2, 0) is 6.42 Å². The van der Waals surface area contributed by atoms with Gasteiger partial charge in [-0.1, -0.05) is 19.1 Å². The molecule has 2 unspecified atom stereocenters. The lowest BCUT2D eigenvalue weighted by Gasteiger charge is -2.31. The highest BCUT2D eigenvalue weighted by Gasteiger charge is 2.23. The van der Waals surface area contributed by atoms with Crippen molar-refractivity contribution in [2.24, 2.45) is 5.73 Å². The summed E-state index contributed by atoms with van der Waals surface area (Å²) >= 11 is 1.79. The van der Waals surface area contributed by atoms with Gasteiger partial charge < -0.3 is 5.73 Å². The van der Waals surface area contributed by atoms with Crippen molar-refractivity contribution in [2.75, 3.05) is 13.6 Å². The standard InChI is InChI=1S/C16H23N3S/c1-3-14(17)16(15-8-6-12-20-15)19(2)11-9-13-7-4-5-10-18-13/h4-8,10,12,14,16H,3,9,11,17H2,1-2H3. The second-order valence-electron chi connectivity index (χ2n) is 5.08. The monoisotopic (exact) mass is 289 g/mol. The van der Waals surface area contributed by atoms with E-state index < -0.39 is 0 Å². The second-order valence-corrected chi connectivity index (χ2v) is 6.06. The van der Waals surface area contributed by atoms with Gasteiger partial charge >= 0.3 is 0 Å². The number of hydrogen-bond donors (Lipinski definition) is 1. The first kappa shape index (κ1) is 15.2. The zero-order valence-electron chi connectivity index (χ0n) is 12.2.